The lowest BCUT2D eigenvalue weighted by molar-refractivity contribution is -0.123. The number of carbonyl (C=O) groups is 1. The Morgan fingerprint density at radius 3 is 2.48 bits per heavy atom. The number of carbonyl (C=O) groups excluding carboxylic acids is 1. The molecule has 1 amide bonds. The average Bonchev–Trinajstić information content (AvgIpc) is 2.58. The second-order valence-electron chi connectivity index (χ2n) is 7.03. The lowest BCUT2D eigenvalue weighted by Gasteiger charge is -2.36. The summed E-state index contributed by atoms with van der Waals surface area (Å²) in [6.45, 7) is 6.73. The van der Waals surface area contributed by atoms with Crippen LogP contribution in [0.15, 0.2) is 30.3 Å². The summed E-state index contributed by atoms with van der Waals surface area (Å²) in [6.07, 6.45) is 4.97. The Balaban J connectivity index is 1.42. The van der Waals surface area contributed by atoms with Crippen LogP contribution in [0.5, 0.6) is 0 Å². The van der Waals surface area contributed by atoms with Crippen molar-refractivity contribution in [3.05, 3.63) is 30.3 Å². The highest BCUT2D eigenvalue weighted by Gasteiger charge is 2.24. The summed E-state index contributed by atoms with van der Waals surface area (Å²) in [6, 6.07) is 10.9. The molecular weight excluding hydrogens is 286 g/mol. The monoisotopic (exact) mass is 315 g/mol. The van der Waals surface area contributed by atoms with Crippen molar-refractivity contribution >= 4 is 11.6 Å². The minimum atomic E-state index is 0.205. The molecule has 2 atom stereocenters. The van der Waals surface area contributed by atoms with E-state index in [4.69, 9.17) is 0 Å². The maximum Gasteiger partial charge on any atom is 0.234 e. The second-order valence-corrected chi connectivity index (χ2v) is 7.03. The van der Waals surface area contributed by atoms with Gasteiger partial charge in [0.1, 0.15) is 0 Å². The maximum atomic E-state index is 12.3. The van der Waals surface area contributed by atoms with Gasteiger partial charge in [-0.15, -0.1) is 0 Å². The SMILES string of the molecule is C[C@H]1CCCC[C@H]1NC(=O)CN1CCN(c2ccccc2)CC1. The van der Waals surface area contributed by atoms with Gasteiger partial charge in [0.2, 0.25) is 5.91 Å². The third-order valence-corrected chi connectivity index (χ3v) is 5.32. The van der Waals surface area contributed by atoms with Crippen LogP contribution in [0.4, 0.5) is 5.69 Å². The molecule has 3 rings (SSSR count). The molecule has 2 aliphatic rings. The topological polar surface area (TPSA) is 35.6 Å². The molecule has 0 unspecified atom stereocenters. The van der Waals surface area contributed by atoms with Crippen molar-refractivity contribution in [1.82, 2.24) is 10.2 Å². The Labute approximate surface area is 139 Å². The second kappa shape index (κ2) is 7.82. The van der Waals surface area contributed by atoms with Crippen molar-refractivity contribution in [2.45, 2.75) is 38.6 Å². The van der Waals surface area contributed by atoms with Crippen LogP contribution in [-0.4, -0.2) is 49.6 Å². The fourth-order valence-corrected chi connectivity index (χ4v) is 3.79. The van der Waals surface area contributed by atoms with Crippen LogP contribution < -0.4 is 10.2 Å². The molecule has 4 heteroatoms. The van der Waals surface area contributed by atoms with Gasteiger partial charge in [0.05, 0.1) is 6.54 Å². The first-order valence-electron chi connectivity index (χ1n) is 9.04. The van der Waals surface area contributed by atoms with Crippen LogP contribution in [0.25, 0.3) is 0 Å². The van der Waals surface area contributed by atoms with Crippen LogP contribution in [0, 0.1) is 5.92 Å². The van der Waals surface area contributed by atoms with Gasteiger partial charge in [-0.05, 0) is 30.9 Å². The normalized spacial score (nSPS) is 26.0. The van der Waals surface area contributed by atoms with Crippen molar-refractivity contribution in [2.75, 3.05) is 37.6 Å². The summed E-state index contributed by atoms with van der Waals surface area (Å²) in [5.74, 6) is 0.833. The number of piperazine rings is 1. The van der Waals surface area contributed by atoms with E-state index in [0.29, 0.717) is 18.5 Å². The molecule has 4 nitrogen and oxygen atoms in total. The van der Waals surface area contributed by atoms with Gasteiger partial charge in [0.15, 0.2) is 0 Å². The van der Waals surface area contributed by atoms with Crippen LogP contribution in [-0.2, 0) is 4.79 Å². The Bertz CT molecular complexity index is 497. The molecule has 1 saturated carbocycles. The zero-order valence-corrected chi connectivity index (χ0v) is 14.2. The minimum absolute atomic E-state index is 0.205. The van der Waals surface area contributed by atoms with E-state index in [1.807, 2.05) is 0 Å². The van der Waals surface area contributed by atoms with Crippen LogP contribution in [0.2, 0.25) is 0 Å². The van der Waals surface area contributed by atoms with Gasteiger partial charge in [0, 0.05) is 37.9 Å². The van der Waals surface area contributed by atoms with Gasteiger partial charge in [-0.2, -0.15) is 0 Å². The van der Waals surface area contributed by atoms with Crippen LogP contribution >= 0.6 is 0 Å². The Morgan fingerprint density at radius 2 is 1.78 bits per heavy atom. The van der Waals surface area contributed by atoms with Crippen molar-refractivity contribution in [3.8, 4) is 0 Å². The van der Waals surface area contributed by atoms with E-state index in [2.05, 4.69) is 52.4 Å². The zero-order valence-electron chi connectivity index (χ0n) is 14.2. The number of amides is 1. The average molecular weight is 315 g/mol. The third-order valence-electron chi connectivity index (χ3n) is 5.32. The minimum Gasteiger partial charge on any atom is -0.369 e. The molecule has 0 spiro atoms. The van der Waals surface area contributed by atoms with Crippen molar-refractivity contribution in [1.29, 1.82) is 0 Å². The first kappa shape index (κ1) is 16.3. The zero-order chi connectivity index (χ0) is 16.1. The highest BCUT2D eigenvalue weighted by molar-refractivity contribution is 5.78. The number of benzene rings is 1. The van der Waals surface area contributed by atoms with Gasteiger partial charge in [0.25, 0.3) is 0 Å². The summed E-state index contributed by atoms with van der Waals surface area (Å²) < 4.78 is 0. The molecule has 1 heterocycles. The lowest BCUT2D eigenvalue weighted by Crippen LogP contribution is -2.51. The van der Waals surface area contributed by atoms with Crippen molar-refractivity contribution in [3.63, 3.8) is 0 Å². The third kappa shape index (κ3) is 4.47. The van der Waals surface area contributed by atoms with E-state index in [-0.39, 0.29) is 5.91 Å². The number of hydrogen-bond donors (Lipinski definition) is 1. The summed E-state index contributed by atoms with van der Waals surface area (Å²) in [5, 5.41) is 3.26. The number of anilines is 1. The van der Waals surface area contributed by atoms with E-state index in [1.165, 1.54) is 24.9 Å². The summed E-state index contributed by atoms with van der Waals surface area (Å²) >= 11 is 0. The van der Waals surface area contributed by atoms with E-state index < -0.39 is 0 Å². The molecule has 23 heavy (non-hydrogen) atoms. The standard InChI is InChI=1S/C19H29N3O/c1-16-7-5-6-10-18(16)20-19(23)15-21-11-13-22(14-12-21)17-8-3-2-4-9-17/h2-4,8-9,16,18H,5-7,10-15H2,1H3,(H,20,23)/t16-,18+/m0/s1. The van der Waals surface area contributed by atoms with Crippen LogP contribution in [0.1, 0.15) is 32.6 Å². The highest BCUT2D eigenvalue weighted by Crippen LogP contribution is 2.23. The van der Waals surface area contributed by atoms with Crippen molar-refractivity contribution in [2.24, 2.45) is 5.92 Å². The molecule has 1 aromatic carbocycles. The Morgan fingerprint density at radius 1 is 1.09 bits per heavy atom. The number of para-hydroxylation sites is 1. The molecule has 1 aliphatic heterocycles. The predicted molar refractivity (Wildman–Crippen MR) is 94.7 cm³/mol. The fourth-order valence-electron chi connectivity index (χ4n) is 3.79. The smallest absolute Gasteiger partial charge is 0.234 e. The molecule has 1 N–H and O–H groups in total. The number of nitrogens with zero attached hydrogens (tertiary/aromatic N) is 2. The Kier molecular flexibility index (Phi) is 5.55. The van der Waals surface area contributed by atoms with E-state index >= 15 is 0 Å². The summed E-state index contributed by atoms with van der Waals surface area (Å²) in [7, 11) is 0. The van der Waals surface area contributed by atoms with Crippen molar-refractivity contribution < 1.29 is 4.79 Å². The molecule has 126 valence electrons. The highest BCUT2D eigenvalue weighted by atomic mass is 16.2. The number of nitrogens with one attached hydrogen (secondary N) is 1. The van der Waals surface area contributed by atoms with Gasteiger partial charge in [-0.25, -0.2) is 0 Å². The fraction of sp³-hybridized carbons (Fsp3) is 0.632. The predicted octanol–water partition coefficient (Wildman–Crippen LogP) is 2.50. The van der Waals surface area contributed by atoms with Gasteiger partial charge in [-0.1, -0.05) is 38.0 Å². The molecule has 0 radical (unpaired) electrons. The maximum absolute atomic E-state index is 12.3. The molecule has 0 bridgehead atoms. The molecule has 1 saturated heterocycles. The molecule has 2 fully saturated rings. The summed E-state index contributed by atoms with van der Waals surface area (Å²) in [5.41, 5.74) is 1.28. The molecular formula is C19H29N3O. The molecule has 1 aromatic rings. The van der Waals surface area contributed by atoms with Gasteiger partial charge < -0.3 is 10.2 Å². The van der Waals surface area contributed by atoms with Crippen LogP contribution in [0.3, 0.4) is 0 Å². The number of hydrogen-bond acceptors (Lipinski definition) is 3. The lowest BCUT2D eigenvalue weighted by atomic mass is 9.86. The first-order chi connectivity index (χ1) is 11.2. The molecule has 0 aromatic heterocycles. The summed E-state index contributed by atoms with van der Waals surface area (Å²) in [4.78, 5) is 17.0. The quantitative estimate of drug-likeness (QED) is 0.927. The van der Waals surface area contributed by atoms with Gasteiger partial charge in [-0.3, -0.25) is 9.69 Å². The molecule has 1 aliphatic carbocycles. The van der Waals surface area contributed by atoms with E-state index in [9.17, 15) is 4.79 Å². The Hall–Kier alpha value is -1.55. The first-order valence-corrected chi connectivity index (χ1v) is 9.04. The van der Waals surface area contributed by atoms with Gasteiger partial charge >= 0.3 is 0 Å². The van der Waals surface area contributed by atoms with E-state index in [0.717, 1.165) is 32.6 Å². The largest absolute Gasteiger partial charge is 0.369 e. The van der Waals surface area contributed by atoms with E-state index in [1.54, 1.807) is 0 Å². The number of rotatable bonds is 4.